The standard InChI is InChI=1S/C15H14F2N2O2/c1-2-9-4-3-5-11(6-9)21-14-12(16)7-10(8-13(14)17)15(18)19-20/h3-8,20H,2H2,1H3,(H2,18,19). The summed E-state index contributed by atoms with van der Waals surface area (Å²) in [5, 5.41) is 11.2. The van der Waals surface area contributed by atoms with E-state index >= 15 is 0 Å². The summed E-state index contributed by atoms with van der Waals surface area (Å²) >= 11 is 0. The molecular weight excluding hydrogens is 278 g/mol. The number of benzene rings is 2. The van der Waals surface area contributed by atoms with E-state index in [4.69, 9.17) is 15.7 Å². The molecule has 3 N–H and O–H groups in total. The van der Waals surface area contributed by atoms with Crippen molar-refractivity contribution in [3.8, 4) is 11.5 Å². The summed E-state index contributed by atoms with van der Waals surface area (Å²) < 4.78 is 33.1. The summed E-state index contributed by atoms with van der Waals surface area (Å²) in [6, 6.07) is 8.83. The first kappa shape index (κ1) is 14.8. The number of oxime groups is 1. The van der Waals surface area contributed by atoms with Gasteiger partial charge in [-0.3, -0.25) is 0 Å². The summed E-state index contributed by atoms with van der Waals surface area (Å²) in [6.45, 7) is 1.96. The molecule has 0 bridgehead atoms. The Labute approximate surface area is 120 Å². The Bertz CT molecular complexity index is 664. The molecule has 0 aromatic heterocycles. The minimum atomic E-state index is -0.932. The average Bonchev–Trinajstić information content (AvgIpc) is 2.50. The van der Waals surface area contributed by atoms with E-state index < -0.39 is 17.4 Å². The summed E-state index contributed by atoms with van der Waals surface area (Å²) in [4.78, 5) is 0. The van der Waals surface area contributed by atoms with E-state index in [1.54, 1.807) is 18.2 Å². The van der Waals surface area contributed by atoms with Crippen molar-refractivity contribution >= 4 is 5.84 Å². The Morgan fingerprint density at radius 1 is 1.24 bits per heavy atom. The fourth-order valence-electron chi connectivity index (χ4n) is 1.81. The van der Waals surface area contributed by atoms with Gasteiger partial charge in [0.1, 0.15) is 5.75 Å². The zero-order valence-corrected chi connectivity index (χ0v) is 11.3. The topological polar surface area (TPSA) is 67.8 Å². The zero-order valence-electron chi connectivity index (χ0n) is 11.3. The van der Waals surface area contributed by atoms with E-state index in [1.165, 1.54) is 0 Å². The number of amidine groups is 1. The first-order valence-corrected chi connectivity index (χ1v) is 6.29. The Morgan fingerprint density at radius 2 is 1.90 bits per heavy atom. The molecule has 0 aliphatic rings. The van der Waals surface area contributed by atoms with E-state index in [2.05, 4.69) is 5.16 Å². The van der Waals surface area contributed by atoms with Crippen LogP contribution in [0.15, 0.2) is 41.6 Å². The largest absolute Gasteiger partial charge is 0.451 e. The molecule has 0 amide bonds. The van der Waals surface area contributed by atoms with Crippen LogP contribution < -0.4 is 10.5 Å². The normalized spacial score (nSPS) is 11.5. The molecule has 0 unspecified atom stereocenters. The van der Waals surface area contributed by atoms with Gasteiger partial charge in [-0.15, -0.1) is 0 Å². The van der Waals surface area contributed by atoms with Crippen LogP contribution in [0.4, 0.5) is 8.78 Å². The first-order chi connectivity index (χ1) is 10.0. The van der Waals surface area contributed by atoms with E-state index in [9.17, 15) is 8.78 Å². The van der Waals surface area contributed by atoms with Gasteiger partial charge < -0.3 is 15.7 Å². The minimum absolute atomic E-state index is 0.0674. The summed E-state index contributed by atoms with van der Waals surface area (Å²) in [7, 11) is 0. The van der Waals surface area contributed by atoms with Crippen LogP contribution in [0.5, 0.6) is 11.5 Å². The van der Waals surface area contributed by atoms with E-state index in [1.807, 2.05) is 13.0 Å². The second kappa shape index (κ2) is 6.21. The van der Waals surface area contributed by atoms with Crippen LogP contribution in [-0.2, 0) is 6.42 Å². The average molecular weight is 292 g/mol. The van der Waals surface area contributed by atoms with Crippen molar-refractivity contribution in [2.24, 2.45) is 10.9 Å². The number of halogens is 2. The molecule has 4 nitrogen and oxygen atoms in total. The summed E-state index contributed by atoms with van der Waals surface area (Å²) in [6.07, 6.45) is 0.782. The highest BCUT2D eigenvalue weighted by Crippen LogP contribution is 2.29. The van der Waals surface area contributed by atoms with Crippen LogP contribution in [0, 0.1) is 11.6 Å². The van der Waals surface area contributed by atoms with Crippen LogP contribution in [0.1, 0.15) is 18.1 Å². The Balaban J connectivity index is 2.36. The molecule has 0 aliphatic carbocycles. The van der Waals surface area contributed by atoms with Gasteiger partial charge in [-0.2, -0.15) is 0 Å². The minimum Gasteiger partial charge on any atom is -0.451 e. The molecule has 0 spiro atoms. The second-order valence-electron chi connectivity index (χ2n) is 4.36. The van der Waals surface area contributed by atoms with E-state index in [-0.39, 0.29) is 11.4 Å². The number of nitrogens with zero attached hydrogens (tertiary/aromatic N) is 1. The molecule has 2 rings (SSSR count). The molecule has 0 radical (unpaired) electrons. The smallest absolute Gasteiger partial charge is 0.198 e. The van der Waals surface area contributed by atoms with Gasteiger partial charge in [0.25, 0.3) is 0 Å². The molecule has 110 valence electrons. The molecule has 6 heteroatoms. The molecule has 2 aromatic rings. The fourth-order valence-corrected chi connectivity index (χ4v) is 1.81. The summed E-state index contributed by atoms with van der Waals surface area (Å²) in [5.41, 5.74) is 6.22. The lowest BCUT2D eigenvalue weighted by molar-refractivity contribution is 0.318. The number of hydrogen-bond acceptors (Lipinski definition) is 3. The first-order valence-electron chi connectivity index (χ1n) is 6.29. The van der Waals surface area contributed by atoms with Gasteiger partial charge in [0, 0.05) is 5.56 Å². The van der Waals surface area contributed by atoms with Crippen LogP contribution in [0.3, 0.4) is 0 Å². The number of aryl methyl sites for hydroxylation is 1. The van der Waals surface area contributed by atoms with E-state index in [0.29, 0.717) is 5.75 Å². The maximum absolute atomic E-state index is 13.9. The van der Waals surface area contributed by atoms with Crippen LogP contribution >= 0.6 is 0 Å². The van der Waals surface area contributed by atoms with Crippen LogP contribution in [0.25, 0.3) is 0 Å². The maximum atomic E-state index is 13.9. The zero-order chi connectivity index (χ0) is 15.4. The van der Waals surface area contributed by atoms with Crippen molar-refractivity contribution in [1.82, 2.24) is 0 Å². The van der Waals surface area contributed by atoms with Gasteiger partial charge in [-0.25, -0.2) is 8.78 Å². The maximum Gasteiger partial charge on any atom is 0.198 e. The summed E-state index contributed by atoms with van der Waals surface area (Å²) in [5.74, 6) is -2.44. The third-order valence-corrected chi connectivity index (χ3v) is 2.93. The van der Waals surface area contributed by atoms with Crippen molar-refractivity contribution in [3.05, 3.63) is 59.2 Å². The highest BCUT2D eigenvalue weighted by molar-refractivity contribution is 5.97. The van der Waals surface area contributed by atoms with Crippen LogP contribution in [0.2, 0.25) is 0 Å². The van der Waals surface area contributed by atoms with Gasteiger partial charge >= 0.3 is 0 Å². The number of ether oxygens (including phenoxy) is 1. The molecule has 0 aliphatic heterocycles. The molecule has 21 heavy (non-hydrogen) atoms. The number of rotatable bonds is 4. The predicted molar refractivity (Wildman–Crippen MR) is 74.8 cm³/mol. The van der Waals surface area contributed by atoms with Gasteiger partial charge in [-0.05, 0) is 36.2 Å². The predicted octanol–water partition coefficient (Wildman–Crippen LogP) is 3.41. The lowest BCUT2D eigenvalue weighted by Gasteiger charge is -2.10. The van der Waals surface area contributed by atoms with Crippen molar-refractivity contribution in [2.75, 3.05) is 0 Å². The van der Waals surface area contributed by atoms with Crippen molar-refractivity contribution < 1.29 is 18.7 Å². The molecule has 0 heterocycles. The van der Waals surface area contributed by atoms with Gasteiger partial charge in [0.2, 0.25) is 0 Å². The van der Waals surface area contributed by atoms with Crippen LogP contribution in [-0.4, -0.2) is 11.0 Å². The lowest BCUT2D eigenvalue weighted by Crippen LogP contribution is -2.14. The van der Waals surface area contributed by atoms with Gasteiger partial charge in [0.15, 0.2) is 23.2 Å². The second-order valence-corrected chi connectivity index (χ2v) is 4.36. The van der Waals surface area contributed by atoms with Crippen molar-refractivity contribution in [1.29, 1.82) is 0 Å². The molecular formula is C15H14F2N2O2. The van der Waals surface area contributed by atoms with Crippen molar-refractivity contribution in [3.63, 3.8) is 0 Å². The Kier molecular flexibility index (Phi) is 4.37. The van der Waals surface area contributed by atoms with Gasteiger partial charge in [0.05, 0.1) is 0 Å². The highest BCUT2D eigenvalue weighted by Gasteiger charge is 2.15. The van der Waals surface area contributed by atoms with Gasteiger partial charge in [-0.1, -0.05) is 24.2 Å². The quantitative estimate of drug-likeness (QED) is 0.393. The number of hydrogen-bond donors (Lipinski definition) is 2. The number of nitrogens with two attached hydrogens (primary N) is 1. The molecule has 0 fully saturated rings. The Morgan fingerprint density at radius 3 is 2.48 bits per heavy atom. The van der Waals surface area contributed by atoms with E-state index in [0.717, 1.165) is 24.1 Å². The molecule has 0 saturated heterocycles. The molecule has 0 atom stereocenters. The molecule has 2 aromatic carbocycles. The monoisotopic (exact) mass is 292 g/mol. The third kappa shape index (κ3) is 3.28. The van der Waals surface area contributed by atoms with Crippen molar-refractivity contribution in [2.45, 2.75) is 13.3 Å². The fraction of sp³-hybridized carbons (Fsp3) is 0.133. The third-order valence-electron chi connectivity index (χ3n) is 2.93. The molecule has 0 saturated carbocycles. The highest BCUT2D eigenvalue weighted by atomic mass is 19.1. The lowest BCUT2D eigenvalue weighted by atomic mass is 10.1. The SMILES string of the molecule is CCc1cccc(Oc2c(F)cc(/C(N)=N/O)cc2F)c1. The Hall–Kier alpha value is -2.63.